The van der Waals surface area contributed by atoms with E-state index in [1.165, 1.54) is 0 Å². The Morgan fingerprint density at radius 3 is 2.68 bits per heavy atom. The van der Waals surface area contributed by atoms with E-state index in [1.54, 1.807) is 6.33 Å². The smallest absolute Gasteiger partial charge is 0.159 e. The van der Waals surface area contributed by atoms with Gasteiger partial charge in [-0.05, 0) is 33.3 Å². The monoisotopic (exact) mass is 337 g/mol. The highest BCUT2D eigenvalue weighted by atomic mass is 16.3. The van der Waals surface area contributed by atoms with Gasteiger partial charge in [-0.3, -0.25) is 0 Å². The average Bonchev–Trinajstić information content (AvgIpc) is 3.18. The van der Waals surface area contributed by atoms with E-state index in [9.17, 15) is 5.11 Å². The molecule has 2 unspecified atom stereocenters. The lowest BCUT2D eigenvalue weighted by Crippen LogP contribution is -2.40. The second-order valence-electron chi connectivity index (χ2n) is 7.33. The van der Waals surface area contributed by atoms with Crippen molar-refractivity contribution < 1.29 is 5.11 Å². The number of benzene rings is 1. The van der Waals surface area contributed by atoms with Crippen molar-refractivity contribution in [1.29, 1.82) is 0 Å². The van der Waals surface area contributed by atoms with Crippen LogP contribution < -0.4 is 4.90 Å². The Morgan fingerprint density at radius 1 is 1.16 bits per heavy atom. The van der Waals surface area contributed by atoms with Crippen LogP contribution in [-0.2, 0) is 0 Å². The number of aliphatic hydroxyl groups is 1. The summed E-state index contributed by atoms with van der Waals surface area (Å²) in [6.45, 7) is 6.81. The van der Waals surface area contributed by atoms with Crippen molar-refractivity contribution in [2.45, 2.75) is 38.8 Å². The van der Waals surface area contributed by atoms with Gasteiger partial charge < -0.3 is 10.0 Å². The zero-order chi connectivity index (χ0) is 17.6. The van der Waals surface area contributed by atoms with Gasteiger partial charge in [0.2, 0.25) is 0 Å². The van der Waals surface area contributed by atoms with Gasteiger partial charge in [0.1, 0.15) is 12.1 Å². The molecule has 0 aliphatic carbocycles. The molecule has 0 bridgehead atoms. The van der Waals surface area contributed by atoms with Gasteiger partial charge >= 0.3 is 0 Å². The molecule has 1 aliphatic heterocycles. The molecule has 25 heavy (non-hydrogen) atoms. The van der Waals surface area contributed by atoms with Gasteiger partial charge in [0, 0.05) is 30.0 Å². The molecule has 6 heteroatoms. The molecular formula is C19H23N5O. The van der Waals surface area contributed by atoms with Gasteiger partial charge in [0.05, 0.1) is 17.3 Å². The maximum absolute atomic E-state index is 10.4. The Balaban J connectivity index is 1.69. The second-order valence-corrected chi connectivity index (χ2v) is 7.33. The predicted octanol–water partition coefficient (Wildman–Crippen LogP) is 2.80. The Kier molecular flexibility index (Phi) is 3.72. The van der Waals surface area contributed by atoms with Crippen molar-refractivity contribution in [1.82, 2.24) is 19.7 Å². The van der Waals surface area contributed by atoms with Crippen molar-refractivity contribution in [3.63, 3.8) is 0 Å². The van der Waals surface area contributed by atoms with E-state index >= 15 is 0 Å². The molecule has 3 heterocycles. The van der Waals surface area contributed by atoms with E-state index in [0.717, 1.165) is 35.5 Å². The molecule has 1 aliphatic rings. The normalized spacial score (nSPS) is 21.2. The number of hydrogen-bond acceptors (Lipinski definition) is 5. The van der Waals surface area contributed by atoms with Crippen LogP contribution >= 0.6 is 0 Å². The van der Waals surface area contributed by atoms with Crippen LogP contribution in [0.25, 0.3) is 16.7 Å². The van der Waals surface area contributed by atoms with Crippen molar-refractivity contribution in [3.05, 3.63) is 42.9 Å². The second kappa shape index (κ2) is 5.81. The maximum atomic E-state index is 10.4. The van der Waals surface area contributed by atoms with Crippen LogP contribution in [0.1, 0.15) is 27.2 Å². The fraction of sp³-hybridized carbons (Fsp3) is 0.421. The summed E-state index contributed by atoms with van der Waals surface area (Å²) >= 11 is 0. The van der Waals surface area contributed by atoms with Crippen molar-refractivity contribution in [2.24, 2.45) is 5.92 Å². The minimum Gasteiger partial charge on any atom is -0.390 e. The number of aromatic nitrogens is 4. The molecule has 2 aromatic heterocycles. The lowest BCUT2D eigenvalue weighted by atomic mass is 9.85. The largest absolute Gasteiger partial charge is 0.390 e. The van der Waals surface area contributed by atoms with Crippen molar-refractivity contribution in [3.8, 4) is 5.82 Å². The Hall–Kier alpha value is -2.47. The standard InChI is InChI=1S/C19H23N5O/c1-13-15(19(2,3)25)8-9-23(13)17-10-18(21-12-20-17)24-16-7-5-4-6-14(16)11-22-24/h4-7,10-13,15,25H,8-9H2,1-3H3. The quantitative estimate of drug-likeness (QED) is 0.796. The zero-order valence-electron chi connectivity index (χ0n) is 14.8. The van der Waals surface area contributed by atoms with Crippen molar-refractivity contribution >= 4 is 16.7 Å². The third-order valence-electron chi connectivity index (χ3n) is 5.29. The topological polar surface area (TPSA) is 67.1 Å². The summed E-state index contributed by atoms with van der Waals surface area (Å²) in [6.07, 6.45) is 4.39. The zero-order valence-corrected chi connectivity index (χ0v) is 14.8. The van der Waals surface area contributed by atoms with E-state index in [0.29, 0.717) is 0 Å². The van der Waals surface area contributed by atoms with Crippen LogP contribution in [0.4, 0.5) is 5.82 Å². The van der Waals surface area contributed by atoms with Gasteiger partial charge in [-0.1, -0.05) is 18.2 Å². The Bertz CT molecular complexity index is 898. The highest BCUT2D eigenvalue weighted by molar-refractivity contribution is 5.79. The van der Waals surface area contributed by atoms with Gasteiger partial charge in [0.25, 0.3) is 0 Å². The average molecular weight is 337 g/mol. The summed E-state index contributed by atoms with van der Waals surface area (Å²) in [4.78, 5) is 11.1. The maximum Gasteiger partial charge on any atom is 0.159 e. The number of para-hydroxylation sites is 1. The van der Waals surface area contributed by atoms with Gasteiger partial charge in [-0.25, -0.2) is 14.6 Å². The highest BCUT2D eigenvalue weighted by Gasteiger charge is 2.40. The van der Waals surface area contributed by atoms with Gasteiger partial charge in [-0.2, -0.15) is 5.10 Å². The minimum atomic E-state index is -0.692. The van der Waals surface area contributed by atoms with E-state index in [-0.39, 0.29) is 12.0 Å². The van der Waals surface area contributed by atoms with Crippen LogP contribution in [-0.4, -0.2) is 43.0 Å². The van der Waals surface area contributed by atoms with E-state index in [4.69, 9.17) is 0 Å². The summed E-state index contributed by atoms with van der Waals surface area (Å²) < 4.78 is 1.84. The number of rotatable bonds is 3. The molecule has 1 aromatic carbocycles. The van der Waals surface area contributed by atoms with Crippen LogP contribution in [0.15, 0.2) is 42.9 Å². The molecular weight excluding hydrogens is 314 g/mol. The first-order chi connectivity index (χ1) is 11.9. The molecule has 1 fully saturated rings. The fourth-order valence-corrected chi connectivity index (χ4v) is 3.97. The van der Waals surface area contributed by atoms with Crippen LogP contribution in [0, 0.1) is 5.92 Å². The summed E-state index contributed by atoms with van der Waals surface area (Å²) in [6, 6.07) is 10.3. The molecule has 0 spiro atoms. The Morgan fingerprint density at radius 2 is 1.92 bits per heavy atom. The molecule has 0 radical (unpaired) electrons. The first kappa shape index (κ1) is 16.0. The molecule has 1 N–H and O–H groups in total. The molecule has 0 amide bonds. The lowest BCUT2D eigenvalue weighted by molar-refractivity contribution is 0.0156. The molecule has 1 saturated heterocycles. The number of nitrogens with zero attached hydrogens (tertiary/aromatic N) is 5. The predicted molar refractivity (Wildman–Crippen MR) is 97.9 cm³/mol. The van der Waals surface area contributed by atoms with Crippen LogP contribution in [0.3, 0.4) is 0 Å². The number of hydrogen-bond donors (Lipinski definition) is 1. The molecule has 3 aromatic rings. The lowest BCUT2D eigenvalue weighted by Gasteiger charge is -2.32. The molecule has 4 rings (SSSR count). The summed E-state index contributed by atoms with van der Waals surface area (Å²) in [7, 11) is 0. The summed E-state index contributed by atoms with van der Waals surface area (Å²) in [5.41, 5.74) is 0.332. The number of fused-ring (bicyclic) bond motifs is 1. The van der Waals surface area contributed by atoms with Gasteiger partial charge in [0.15, 0.2) is 5.82 Å². The summed E-state index contributed by atoms with van der Waals surface area (Å²) in [5.74, 6) is 1.85. The third-order valence-corrected chi connectivity index (χ3v) is 5.29. The fourth-order valence-electron chi connectivity index (χ4n) is 3.97. The third kappa shape index (κ3) is 2.76. The van der Waals surface area contributed by atoms with Gasteiger partial charge in [-0.15, -0.1) is 0 Å². The van der Waals surface area contributed by atoms with Crippen molar-refractivity contribution in [2.75, 3.05) is 11.4 Å². The Labute approximate surface area is 147 Å². The molecule has 6 nitrogen and oxygen atoms in total. The number of anilines is 1. The van der Waals surface area contributed by atoms with E-state index in [1.807, 2.05) is 55.1 Å². The molecule has 130 valence electrons. The van der Waals surface area contributed by atoms with Crippen LogP contribution in [0.2, 0.25) is 0 Å². The SMILES string of the molecule is CC1C(C(C)(C)O)CCN1c1cc(-n2ncc3ccccc32)ncn1. The molecule has 0 saturated carbocycles. The highest BCUT2D eigenvalue weighted by Crippen LogP contribution is 2.35. The minimum absolute atomic E-state index is 0.219. The first-order valence-electron chi connectivity index (χ1n) is 8.69. The molecule has 2 atom stereocenters. The van der Waals surface area contributed by atoms with E-state index in [2.05, 4.69) is 26.9 Å². The summed E-state index contributed by atoms with van der Waals surface area (Å²) in [5, 5.41) is 16.0. The van der Waals surface area contributed by atoms with E-state index < -0.39 is 5.60 Å². The van der Waals surface area contributed by atoms with Crippen LogP contribution in [0.5, 0.6) is 0 Å². The first-order valence-corrected chi connectivity index (χ1v) is 8.69.